The molecule has 7 nitrogen and oxygen atoms in total. The highest BCUT2D eigenvalue weighted by Gasteiger charge is 2.16. The number of carboxylic acid groups (broad SMARTS) is 2. The van der Waals surface area contributed by atoms with E-state index >= 15 is 0 Å². The molecule has 1 aromatic rings. The van der Waals surface area contributed by atoms with E-state index in [9.17, 15) is 14.4 Å². The summed E-state index contributed by atoms with van der Waals surface area (Å²) in [5.41, 5.74) is -1.14. The summed E-state index contributed by atoms with van der Waals surface area (Å²) in [6.45, 7) is 4.00. The summed E-state index contributed by atoms with van der Waals surface area (Å²) in [5.74, 6) is -4.02. The van der Waals surface area contributed by atoms with Crippen LogP contribution in [0.15, 0.2) is 18.2 Å². The molecule has 18 heavy (non-hydrogen) atoms. The van der Waals surface area contributed by atoms with E-state index in [1.165, 1.54) is 0 Å². The second-order valence-corrected chi connectivity index (χ2v) is 2.79. The number of hydrogen-bond donors (Lipinski definition) is 3. The quantitative estimate of drug-likeness (QED) is 0.556. The van der Waals surface area contributed by atoms with Gasteiger partial charge < -0.3 is 10.2 Å². The average molecular weight is 256 g/mol. The third kappa shape index (κ3) is 3.87. The zero-order valence-corrected chi connectivity index (χ0v) is 9.71. The minimum Gasteiger partial charge on any atom is -0.478 e. The van der Waals surface area contributed by atoms with E-state index in [1.807, 2.05) is 13.8 Å². The number of hydrogen-bond acceptors (Lipinski definition) is 5. The predicted molar refractivity (Wildman–Crippen MR) is 59.8 cm³/mol. The minimum absolute atomic E-state index is 0.361. The molecule has 0 aromatic heterocycles. The first kappa shape index (κ1) is 15.6. The van der Waals surface area contributed by atoms with Gasteiger partial charge in [-0.25, -0.2) is 14.4 Å². The van der Waals surface area contributed by atoms with Crippen LogP contribution in [0, 0.1) is 0 Å². The molecule has 1 rings (SSSR count). The molecule has 0 bridgehead atoms. The SMILES string of the molecule is CC.O=C(O)c1cc(C(=O)O)cc(C(=O)OO)c1. The zero-order valence-electron chi connectivity index (χ0n) is 9.71. The number of rotatable bonds is 3. The largest absolute Gasteiger partial charge is 0.478 e. The highest BCUT2D eigenvalue weighted by atomic mass is 17.1. The van der Waals surface area contributed by atoms with E-state index in [0.717, 1.165) is 18.2 Å². The summed E-state index contributed by atoms with van der Waals surface area (Å²) in [4.78, 5) is 35.5. The van der Waals surface area contributed by atoms with Gasteiger partial charge in [-0.1, -0.05) is 13.8 Å². The maximum absolute atomic E-state index is 10.9. The van der Waals surface area contributed by atoms with Gasteiger partial charge in [-0.3, -0.25) is 4.89 Å². The van der Waals surface area contributed by atoms with Gasteiger partial charge in [-0.2, -0.15) is 5.26 Å². The van der Waals surface area contributed by atoms with Gasteiger partial charge in [0.1, 0.15) is 0 Å². The number of carbonyl (C=O) groups is 3. The first-order valence-corrected chi connectivity index (χ1v) is 4.93. The van der Waals surface area contributed by atoms with Gasteiger partial charge in [0.15, 0.2) is 0 Å². The standard InChI is InChI=1S/C9H6O7.C2H6/c10-7(11)4-1-5(8(12)13)3-6(2-4)9(14)16-15;1-2/h1-3,15H,(H,10,11)(H,12,13);1-2H3. The molecule has 98 valence electrons. The highest BCUT2D eigenvalue weighted by Crippen LogP contribution is 2.12. The Morgan fingerprint density at radius 3 is 1.50 bits per heavy atom. The maximum atomic E-state index is 10.9. The van der Waals surface area contributed by atoms with Crippen molar-refractivity contribution in [1.29, 1.82) is 0 Å². The Bertz CT molecular complexity index is 432. The Morgan fingerprint density at radius 1 is 0.889 bits per heavy atom. The normalized spacial score (nSPS) is 8.83. The number of carboxylic acids is 2. The molecule has 0 amide bonds. The van der Waals surface area contributed by atoms with Crippen LogP contribution in [0.2, 0.25) is 0 Å². The molecule has 0 aliphatic rings. The van der Waals surface area contributed by atoms with Crippen molar-refractivity contribution >= 4 is 17.9 Å². The lowest BCUT2D eigenvalue weighted by Crippen LogP contribution is -2.08. The van der Waals surface area contributed by atoms with Crippen LogP contribution < -0.4 is 0 Å². The summed E-state index contributed by atoms with van der Waals surface area (Å²) in [6, 6.07) is 2.68. The molecule has 0 saturated carbocycles. The fourth-order valence-electron chi connectivity index (χ4n) is 1.05. The molecule has 3 N–H and O–H groups in total. The van der Waals surface area contributed by atoms with E-state index < -0.39 is 17.9 Å². The van der Waals surface area contributed by atoms with Crippen molar-refractivity contribution in [2.75, 3.05) is 0 Å². The zero-order chi connectivity index (χ0) is 14.3. The van der Waals surface area contributed by atoms with Crippen molar-refractivity contribution in [2.45, 2.75) is 13.8 Å². The molecule has 0 radical (unpaired) electrons. The first-order chi connectivity index (χ1) is 8.45. The average Bonchev–Trinajstić information content (AvgIpc) is 2.39. The van der Waals surface area contributed by atoms with Gasteiger partial charge in [0.25, 0.3) is 0 Å². The number of benzene rings is 1. The van der Waals surface area contributed by atoms with Crippen LogP contribution >= 0.6 is 0 Å². The van der Waals surface area contributed by atoms with E-state index in [4.69, 9.17) is 15.5 Å². The van der Waals surface area contributed by atoms with Gasteiger partial charge in [-0.15, -0.1) is 0 Å². The lowest BCUT2D eigenvalue weighted by Gasteiger charge is -2.02. The summed E-state index contributed by atoms with van der Waals surface area (Å²) in [7, 11) is 0. The second-order valence-electron chi connectivity index (χ2n) is 2.79. The van der Waals surface area contributed by atoms with Crippen molar-refractivity contribution < 1.29 is 34.7 Å². The van der Waals surface area contributed by atoms with Crippen LogP contribution in [-0.2, 0) is 4.89 Å². The van der Waals surface area contributed by atoms with Crippen LogP contribution in [0.5, 0.6) is 0 Å². The van der Waals surface area contributed by atoms with E-state index in [-0.39, 0.29) is 16.7 Å². The van der Waals surface area contributed by atoms with E-state index in [2.05, 4.69) is 4.89 Å². The Balaban J connectivity index is 0.00000137. The number of aromatic carboxylic acids is 2. The molecule has 0 aliphatic heterocycles. The topological polar surface area (TPSA) is 121 Å². The molecule has 0 unspecified atom stereocenters. The molecule has 7 heteroatoms. The first-order valence-electron chi connectivity index (χ1n) is 4.93. The van der Waals surface area contributed by atoms with Crippen molar-refractivity contribution in [3.63, 3.8) is 0 Å². The lowest BCUT2D eigenvalue weighted by molar-refractivity contribution is -0.182. The Morgan fingerprint density at radius 2 is 1.22 bits per heavy atom. The monoisotopic (exact) mass is 256 g/mol. The maximum Gasteiger partial charge on any atom is 0.372 e. The van der Waals surface area contributed by atoms with Crippen LogP contribution in [-0.4, -0.2) is 33.4 Å². The third-order valence-corrected chi connectivity index (χ3v) is 1.75. The van der Waals surface area contributed by atoms with Gasteiger partial charge in [0.2, 0.25) is 0 Å². The van der Waals surface area contributed by atoms with Crippen molar-refractivity contribution in [3.05, 3.63) is 34.9 Å². The van der Waals surface area contributed by atoms with Crippen LogP contribution in [0.4, 0.5) is 0 Å². The molecule has 0 spiro atoms. The molecule has 0 fully saturated rings. The lowest BCUT2D eigenvalue weighted by atomic mass is 10.1. The molecular formula is C11H12O7. The van der Waals surface area contributed by atoms with E-state index in [0.29, 0.717) is 0 Å². The smallest absolute Gasteiger partial charge is 0.372 e. The third-order valence-electron chi connectivity index (χ3n) is 1.75. The van der Waals surface area contributed by atoms with Crippen LogP contribution in [0.1, 0.15) is 44.9 Å². The van der Waals surface area contributed by atoms with Gasteiger partial charge in [0, 0.05) is 0 Å². The predicted octanol–water partition coefficient (Wildman–Crippen LogP) is 1.74. The van der Waals surface area contributed by atoms with Crippen molar-refractivity contribution in [2.24, 2.45) is 0 Å². The fraction of sp³-hybridized carbons (Fsp3) is 0.182. The molecule has 1 aromatic carbocycles. The summed E-state index contributed by atoms with van der Waals surface area (Å²) < 4.78 is 0. The minimum atomic E-state index is -1.39. The molecule has 0 atom stereocenters. The summed E-state index contributed by atoms with van der Waals surface area (Å²) in [5, 5.41) is 25.4. The van der Waals surface area contributed by atoms with Gasteiger partial charge >= 0.3 is 17.9 Å². The molecule has 0 saturated heterocycles. The van der Waals surface area contributed by atoms with Gasteiger partial charge in [0.05, 0.1) is 16.7 Å². The summed E-state index contributed by atoms with van der Waals surface area (Å²) >= 11 is 0. The fourth-order valence-corrected chi connectivity index (χ4v) is 1.05. The molecular weight excluding hydrogens is 244 g/mol. The Labute approximate surface area is 102 Å². The number of carbonyl (C=O) groups excluding carboxylic acids is 1. The van der Waals surface area contributed by atoms with Crippen LogP contribution in [0.3, 0.4) is 0 Å². The van der Waals surface area contributed by atoms with Crippen molar-refractivity contribution in [1.82, 2.24) is 0 Å². The summed E-state index contributed by atoms with van der Waals surface area (Å²) in [6.07, 6.45) is 0. The van der Waals surface area contributed by atoms with E-state index in [1.54, 1.807) is 0 Å². The van der Waals surface area contributed by atoms with Crippen molar-refractivity contribution in [3.8, 4) is 0 Å². The molecule has 0 aliphatic carbocycles. The Hall–Kier alpha value is -2.41. The van der Waals surface area contributed by atoms with Crippen LogP contribution in [0.25, 0.3) is 0 Å². The van der Waals surface area contributed by atoms with Gasteiger partial charge in [-0.05, 0) is 18.2 Å². The Kier molecular flexibility index (Phi) is 6.08. The molecule has 0 heterocycles. The highest BCUT2D eigenvalue weighted by molar-refractivity contribution is 5.99. The second kappa shape index (κ2) is 7.02.